The van der Waals surface area contributed by atoms with E-state index in [2.05, 4.69) is 61.5 Å². The lowest BCUT2D eigenvalue weighted by Gasteiger charge is -2.64. The molecular formula is C18H34O2. The molecular weight excluding hydrogens is 248 g/mol. The molecule has 1 aliphatic rings. The van der Waals surface area contributed by atoms with Crippen LogP contribution in [0.2, 0.25) is 0 Å². The molecule has 0 radical (unpaired) electrons. The van der Waals surface area contributed by atoms with E-state index in [4.69, 9.17) is 0 Å². The normalized spacial score (nSPS) is 25.2. The van der Waals surface area contributed by atoms with Crippen molar-refractivity contribution in [3.05, 3.63) is 11.6 Å². The highest BCUT2D eigenvalue weighted by Crippen LogP contribution is 2.66. The second-order valence-corrected chi connectivity index (χ2v) is 9.27. The first-order valence-corrected chi connectivity index (χ1v) is 7.79. The maximum absolute atomic E-state index is 11.1. The van der Waals surface area contributed by atoms with Crippen LogP contribution >= 0.6 is 0 Å². The molecule has 0 bridgehead atoms. The Bertz CT molecular complexity index is 386. The Balaban J connectivity index is 3.72. The van der Waals surface area contributed by atoms with Gasteiger partial charge in [0, 0.05) is 5.41 Å². The molecule has 0 aromatic carbocycles. The quantitative estimate of drug-likeness (QED) is 0.548. The first kappa shape index (κ1) is 17.7. The minimum Gasteiger partial charge on any atom is -0.362 e. The molecule has 0 aliphatic heterocycles. The summed E-state index contributed by atoms with van der Waals surface area (Å²) in [5.41, 5.74) is -0.308. The van der Waals surface area contributed by atoms with E-state index < -0.39 is 11.2 Å². The smallest absolute Gasteiger partial charge is 0.192 e. The average Bonchev–Trinajstić information content (AvgIpc) is 2.17. The SMILES string of the molecule is CCC1=CC(C)(C)CC(C(C)(C)C)(C(C)(C)C)C1(O)O. The first-order valence-electron chi connectivity index (χ1n) is 7.79. The summed E-state index contributed by atoms with van der Waals surface area (Å²) in [6.45, 7) is 19.2. The molecule has 2 heteroatoms. The molecule has 1 aliphatic carbocycles. The molecule has 2 N–H and O–H groups in total. The van der Waals surface area contributed by atoms with E-state index in [1.165, 1.54) is 0 Å². The Hall–Kier alpha value is -0.340. The Morgan fingerprint density at radius 2 is 1.40 bits per heavy atom. The number of aliphatic hydroxyl groups is 2. The van der Waals surface area contributed by atoms with Crippen molar-refractivity contribution < 1.29 is 10.2 Å². The van der Waals surface area contributed by atoms with Gasteiger partial charge in [0.2, 0.25) is 0 Å². The van der Waals surface area contributed by atoms with Gasteiger partial charge in [-0.15, -0.1) is 0 Å². The van der Waals surface area contributed by atoms with Gasteiger partial charge < -0.3 is 10.2 Å². The second kappa shape index (κ2) is 4.58. The molecule has 118 valence electrons. The van der Waals surface area contributed by atoms with Crippen LogP contribution in [-0.2, 0) is 0 Å². The predicted octanol–water partition coefficient (Wildman–Crippen LogP) is 4.51. The van der Waals surface area contributed by atoms with Crippen molar-refractivity contribution in [2.45, 2.75) is 80.9 Å². The zero-order valence-corrected chi connectivity index (χ0v) is 14.9. The van der Waals surface area contributed by atoms with Gasteiger partial charge in [-0.2, -0.15) is 0 Å². The van der Waals surface area contributed by atoms with Gasteiger partial charge in [0.15, 0.2) is 5.79 Å². The summed E-state index contributed by atoms with van der Waals surface area (Å²) in [5.74, 6) is -1.76. The Kier molecular flexibility index (Phi) is 4.05. The molecule has 0 saturated carbocycles. The van der Waals surface area contributed by atoms with Crippen molar-refractivity contribution in [3.63, 3.8) is 0 Å². The largest absolute Gasteiger partial charge is 0.362 e. The Morgan fingerprint density at radius 1 is 1.00 bits per heavy atom. The van der Waals surface area contributed by atoms with E-state index in [9.17, 15) is 10.2 Å². The fourth-order valence-corrected chi connectivity index (χ4v) is 4.75. The fourth-order valence-electron chi connectivity index (χ4n) is 4.75. The van der Waals surface area contributed by atoms with Crippen LogP contribution in [-0.4, -0.2) is 16.0 Å². The van der Waals surface area contributed by atoms with Gasteiger partial charge in [0.25, 0.3) is 0 Å². The van der Waals surface area contributed by atoms with Gasteiger partial charge in [-0.1, -0.05) is 68.4 Å². The van der Waals surface area contributed by atoms with Crippen LogP contribution in [0.25, 0.3) is 0 Å². The average molecular weight is 282 g/mol. The number of hydrogen-bond donors (Lipinski definition) is 2. The van der Waals surface area contributed by atoms with Gasteiger partial charge >= 0.3 is 0 Å². The molecule has 0 heterocycles. The monoisotopic (exact) mass is 282 g/mol. The molecule has 20 heavy (non-hydrogen) atoms. The van der Waals surface area contributed by atoms with E-state index in [-0.39, 0.29) is 16.2 Å². The van der Waals surface area contributed by atoms with Gasteiger partial charge in [0.05, 0.1) is 0 Å². The zero-order chi connectivity index (χ0) is 16.2. The molecule has 0 spiro atoms. The van der Waals surface area contributed by atoms with Crippen molar-refractivity contribution in [1.29, 1.82) is 0 Å². The molecule has 0 fully saturated rings. The highest BCUT2D eigenvalue weighted by atomic mass is 16.5. The van der Waals surface area contributed by atoms with E-state index in [0.29, 0.717) is 6.42 Å². The molecule has 0 saturated heterocycles. The molecule has 0 aromatic heterocycles. The van der Waals surface area contributed by atoms with E-state index in [1.807, 2.05) is 6.92 Å². The van der Waals surface area contributed by atoms with Crippen molar-refractivity contribution in [2.24, 2.45) is 21.7 Å². The van der Waals surface area contributed by atoms with Crippen LogP contribution in [0, 0.1) is 21.7 Å². The van der Waals surface area contributed by atoms with Gasteiger partial charge in [-0.3, -0.25) is 0 Å². The van der Waals surface area contributed by atoms with Crippen LogP contribution in [0.15, 0.2) is 11.6 Å². The van der Waals surface area contributed by atoms with E-state index in [1.54, 1.807) is 0 Å². The fraction of sp³-hybridized carbons (Fsp3) is 0.889. The third-order valence-corrected chi connectivity index (χ3v) is 5.27. The lowest BCUT2D eigenvalue weighted by atomic mass is 9.43. The summed E-state index contributed by atoms with van der Waals surface area (Å²) in [5, 5.41) is 22.3. The number of allylic oxidation sites excluding steroid dienone is 1. The summed E-state index contributed by atoms with van der Waals surface area (Å²) >= 11 is 0. The van der Waals surface area contributed by atoms with Gasteiger partial charge in [-0.25, -0.2) is 0 Å². The molecule has 0 amide bonds. The summed E-state index contributed by atoms with van der Waals surface area (Å²) < 4.78 is 0. The third kappa shape index (κ3) is 2.35. The Morgan fingerprint density at radius 3 is 1.70 bits per heavy atom. The van der Waals surface area contributed by atoms with E-state index in [0.717, 1.165) is 12.0 Å². The maximum Gasteiger partial charge on any atom is 0.192 e. The highest BCUT2D eigenvalue weighted by Gasteiger charge is 2.66. The van der Waals surface area contributed by atoms with Gasteiger partial charge in [-0.05, 0) is 34.7 Å². The summed E-state index contributed by atoms with van der Waals surface area (Å²) in [7, 11) is 0. The van der Waals surface area contributed by atoms with Crippen LogP contribution in [0.3, 0.4) is 0 Å². The predicted molar refractivity (Wildman–Crippen MR) is 85.3 cm³/mol. The summed E-state index contributed by atoms with van der Waals surface area (Å²) in [6.07, 6.45) is 3.51. The second-order valence-electron chi connectivity index (χ2n) is 9.27. The molecule has 0 aromatic rings. The van der Waals surface area contributed by atoms with Crippen LogP contribution in [0.5, 0.6) is 0 Å². The van der Waals surface area contributed by atoms with Crippen LogP contribution in [0.4, 0.5) is 0 Å². The zero-order valence-electron chi connectivity index (χ0n) is 14.9. The van der Waals surface area contributed by atoms with E-state index >= 15 is 0 Å². The third-order valence-electron chi connectivity index (χ3n) is 5.27. The van der Waals surface area contributed by atoms with Crippen LogP contribution < -0.4 is 0 Å². The highest BCUT2D eigenvalue weighted by molar-refractivity contribution is 5.29. The first-order chi connectivity index (χ1) is 8.62. The minimum absolute atomic E-state index is 0.0269. The van der Waals surface area contributed by atoms with Crippen molar-refractivity contribution in [2.75, 3.05) is 0 Å². The lowest BCUT2D eigenvalue weighted by molar-refractivity contribution is -0.300. The number of hydrogen-bond acceptors (Lipinski definition) is 2. The van der Waals surface area contributed by atoms with Crippen LogP contribution in [0.1, 0.15) is 75.2 Å². The molecule has 0 atom stereocenters. The lowest BCUT2D eigenvalue weighted by Crippen LogP contribution is -2.65. The summed E-state index contributed by atoms with van der Waals surface area (Å²) in [4.78, 5) is 0. The molecule has 1 rings (SSSR count). The minimum atomic E-state index is -1.76. The van der Waals surface area contributed by atoms with Crippen molar-refractivity contribution in [1.82, 2.24) is 0 Å². The molecule has 2 nitrogen and oxygen atoms in total. The summed E-state index contributed by atoms with van der Waals surface area (Å²) in [6, 6.07) is 0. The van der Waals surface area contributed by atoms with Crippen molar-refractivity contribution >= 4 is 0 Å². The number of rotatable bonds is 1. The topological polar surface area (TPSA) is 40.5 Å². The van der Waals surface area contributed by atoms with Gasteiger partial charge in [0.1, 0.15) is 0 Å². The molecule has 0 unspecified atom stereocenters. The van der Waals surface area contributed by atoms with Crippen molar-refractivity contribution in [3.8, 4) is 0 Å². The Labute approximate surface area is 125 Å². The maximum atomic E-state index is 11.1. The standard InChI is InChI=1S/C18H34O2/c1-10-13-11-16(8,9)12-17(14(2,3)4,15(5,6)7)18(13,19)20/h11,19-20H,10,12H2,1-9H3.